The van der Waals surface area contributed by atoms with Crippen molar-refractivity contribution in [1.29, 1.82) is 5.26 Å². The molecule has 1 aromatic heterocycles. The fraction of sp³-hybridized carbons (Fsp3) is 0.375. The Morgan fingerprint density at radius 1 is 1.92 bits per heavy atom. The highest BCUT2D eigenvalue weighted by Crippen LogP contribution is 2.13. The van der Waals surface area contributed by atoms with Crippen LogP contribution in [0.1, 0.15) is 25.2 Å². The molecule has 13 heavy (non-hydrogen) atoms. The van der Waals surface area contributed by atoms with E-state index in [9.17, 15) is 4.79 Å². The van der Waals surface area contributed by atoms with Gasteiger partial charge in [0.25, 0.3) is 0 Å². The Bertz CT molecular complexity index is 351. The quantitative estimate of drug-likeness (QED) is 0.743. The topological polar surface area (TPSA) is 78.9 Å². The standard InChI is InChI=1S/C8H9N3O2/c1-2-6(8(12)13)11-4-3-10-7(11)5-9/h3-4,6H,2H2,1H3,(H,12,13). The number of hydrogen-bond acceptors (Lipinski definition) is 3. The Balaban J connectivity index is 3.05. The van der Waals surface area contributed by atoms with E-state index in [0.717, 1.165) is 0 Å². The zero-order valence-corrected chi connectivity index (χ0v) is 7.14. The smallest absolute Gasteiger partial charge is 0.326 e. The molecule has 1 unspecified atom stereocenters. The first-order valence-electron chi connectivity index (χ1n) is 3.86. The van der Waals surface area contributed by atoms with E-state index in [1.807, 2.05) is 6.07 Å². The molecule has 1 heterocycles. The predicted molar refractivity (Wildman–Crippen MR) is 43.9 cm³/mol. The molecular weight excluding hydrogens is 170 g/mol. The molecule has 0 amide bonds. The van der Waals surface area contributed by atoms with Crippen molar-refractivity contribution in [3.05, 3.63) is 18.2 Å². The van der Waals surface area contributed by atoms with E-state index in [1.165, 1.54) is 17.0 Å². The van der Waals surface area contributed by atoms with Crippen LogP contribution >= 0.6 is 0 Å². The van der Waals surface area contributed by atoms with Gasteiger partial charge in [-0.1, -0.05) is 6.92 Å². The zero-order valence-electron chi connectivity index (χ0n) is 7.14. The van der Waals surface area contributed by atoms with Crippen LogP contribution in [0.2, 0.25) is 0 Å². The lowest BCUT2D eigenvalue weighted by atomic mass is 10.2. The molecule has 0 fully saturated rings. The number of imidazole rings is 1. The number of nitriles is 1. The van der Waals surface area contributed by atoms with Crippen molar-refractivity contribution in [3.8, 4) is 6.07 Å². The first-order valence-corrected chi connectivity index (χ1v) is 3.86. The van der Waals surface area contributed by atoms with Gasteiger partial charge >= 0.3 is 5.97 Å². The summed E-state index contributed by atoms with van der Waals surface area (Å²) >= 11 is 0. The van der Waals surface area contributed by atoms with Gasteiger partial charge in [-0.25, -0.2) is 9.78 Å². The summed E-state index contributed by atoms with van der Waals surface area (Å²) in [5.74, 6) is -0.814. The van der Waals surface area contributed by atoms with Crippen molar-refractivity contribution in [2.75, 3.05) is 0 Å². The molecule has 0 radical (unpaired) electrons. The van der Waals surface area contributed by atoms with Gasteiger partial charge in [0.15, 0.2) is 0 Å². The number of carboxylic acids is 1. The molecule has 1 aromatic rings. The number of aliphatic carboxylic acids is 1. The summed E-state index contributed by atoms with van der Waals surface area (Å²) in [6, 6.07) is 1.14. The molecule has 1 rings (SSSR count). The largest absolute Gasteiger partial charge is 0.480 e. The number of aromatic nitrogens is 2. The molecule has 0 aromatic carbocycles. The maximum absolute atomic E-state index is 10.7. The Labute approximate surface area is 75.2 Å². The highest BCUT2D eigenvalue weighted by molar-refractivity contribution is 5.72. The summed E-state index contributed by atoms with van der Waals surface area (Å²) in [6.07, 6.45) is 3.35. The predicted octanol–water partition coefficient (Wildman–Crippen LogP) is 0.790. The van der Waals surface area contributed by atoms with Crippen LogP contribution in [0, 0.1) is 11.3 Å². The lowest BCUT2D eigenvalue weighted by Gasteiger charge is -2.11. The number of hydrogen-bond donors (Lipinski definition) is 1. The summed E-state index contributed by atoms with van der Waals surface area (Å²) in [5, 5.41) is 17.4. The van der Waals surface area contributed by atoms with Crippen molar-refractivity contribution in [2.45, 2.75) is 19.4 Å². The second-order valence-corrected chi connectivity index (χ2v) is 2.53. The summed E-state index contributed by atoms with van der Waals surface area (Å²) in [6.45, 7) is 1.75. The Kier molecular flexibility index (Phi) is 2.65. The van der Waals surface area contributed by atoms with Crippen LogP contribution in [-0.2, 0) is 4.79 Å². The summed E-state index contributed by atoms with van der Waals surface area (Å²) in [7, 11) is 0. The minimum absolute atomic E-state index is 0.134. The third-order valence-electron chi connectivity index (χ3n) is 1.78. The van der Waals surface area contributed by atoms with Crippen molar-refractivity contribution in [2.24, 2.45) is 0 Å². The minimum atomic E-state index is -0.947. The highest BCUT2D eigenvalue weighted by atomic mass is 16.4. The van der Waals surface area contributed by atoms with Gasteiger partial charge in [0.1, 0.15) is 12.1 Å². The summed E-state index contributed by atoms with van der Waals surface area (Å²) in [5.41, 5.74) is 0. The molecule has 0 bridgehead atoms. The zero-order chi connectivity index (χ0) is 9.84. The molecule has 0 spiro atoms. The van der Waals surface area contributed by atoms with Gasteiger partial charge in [-0.3, -0.25) is 0 Å². The maximum atomic E-state index is 10.7. The SMILES string of the molecule is CCC(C(=O)O)n1ccnc1C#N. The molecule has 0 aliphatic heterocycles. The first-order chi connectivity index (χ1) is 6.20. The monoisotopic (exact) mass is 179 g/mol. The molecule has 0 saturated carbocycles. The Hall–Kier alpha value is -1.83. The van der Waals surface area contributed by atoms with Crippen LogP contribution in [-0.4, -0.2) is 20.6 Å². The molecule has 5 heteroatoms. The van der Waals surface area contributed by atoms with Gasteiger partial charge in [-0.15, -0.1) is 0 Å². The second-order valence-electron chi connectivity index (χ2n) is 2.53. The number of carbonyl (C=O) groups is 1. The molecule has 0 aliphatic carbocycles. The van der Waals surface area contributed by atoms with Crippen LogP contribution in [0.3, 0.4) is 0 Å². The lowest BCUT2D eigenvalue weighted by Crippen LogP contribution is -2.18. The molecule has 0 saturated heterocycles. The van der Waals surface area contributed by atoms with Crippen LogP contribution < -0.4 is 0 Å². The van der Waals surface area contributed by atoms with Crippen molar-refractivity contribution in [1.82, 2.24) is 9.55 Å². The fourth-order valence-electron chi connectivity index (χ4n) is 1.14. The van der Waals surface area contributed by atoms with Crippen molar-refractivity contribution in [3.63, 3.8) is 0 Å². The number of carboxylic acid groups (broad SMARTS) is 1. The molecular formula is C8H9N3O2. The normalized spacial score (nSPS) is 12.0. The molecule has 1 atom stereocenters. The van der Waals surface area contributed by atoms with Crippen molar-refractivity contribution < 1.29 is 9.90 Å². The summed E-state index contributed by atoms with van der Waals surface area (Å²) in [4.78, 5) is 14.5. The van der Waals surface area contributed by atoms with Gasteiger partial charge in [-0.2, -0.15) is 5.26 Å². The molecule has 1 N–H and O–H groups in total. The van der Waals surface area contributed by atoms with Crippen LogP contribution in [0.15, 0.2) is 12.4 Å². The van der Waals surface area contributed by atoms with Crippen molar-refractivity contribution >= 4 is 5.97 Å². The maximum Gasteiger partial charge on any atom is 0.326 e. The van der Waals surface area contributed by atoms with E-state index in [2.05, 4.69) is 4.98 Å². The number of nitrogens with zero attached hydrogens (tertiary/aromatic N) is 3. The summed E-state index contributed by atoms with van der Waals surface area (Å²) < 4.78 is 1.36. The van der Waals surface area contributed by atoms with Crippen LogP contribution in [0.5, 0.6) is 0 Å². The number of rotatable bonds is 3. The minimum Gasteiger partial charge on any atom is -0.480 e. The fourth-order valence-corrected chi connectivity index (χ4v) is 1.14. The van der Waals surface area contributed by atoms with Gasteiger partial charge in [0.2, 0.25) is 5.82 Å². The van der Waals surface area contributed by atoms with Crippen LogP contribution in [0.4, 0.5) is 0 Å². The van der Waals surface area contributed by atoms with Gasteiger partial charge in [0.05, 0.1) is 0 Å². The highest BCUT2D eigenvalue weighted by Gasteiger charge is 2.19. The molecule has 0 aliphatic rings. The first kappa shape index (κ1) is 9.26. The van der Waals surface area contributed by atoms with E-state index in [0.29, 0.717) is 6.42 Å². The molecule has 68 valence electrons. The van der Waals surface area contributed by atoms with Gasteiger partial charge in [0, 0.05) is 12.4 Å². The Morgan fingerprint density at radius 3 is 3.08 bits per heavy atom. The van der Waals surface area contributed by atoms with Crippen LogP contribution in [0.25, 0.3) is 0 Å². The second kappa shape index (κ2) is 3.72. The average Bonchev–Trinajstić information content (AvgIpc) is 2.53. The van der Waals surface area contributed by atoms with Gasteiger partial charge in [-0.05, 0) is 6.42 Å². The third kappa shape index (κ3) is 1.67. The molecule has 5 nitrogen and oxygen atoms in total. The van der Waals surface area contributed by atoms with E-state index >= 15 is 0 Å². The van der Waals surface area contributed by atoms with E-state index in [-0.39, 0.29) is 5.82 Å². The Morgan fingerprint density at radius 2 is 2.62 bits per heavy atom. The van der Waals surface area contributed by atoms with Gasteiger partial charge < -0.3 is 9.67 Å². The van der Waals surface area contributed by atoms with E-state index < -0.39 is 12.0 Å². The third-order valence-corrected chi connectivity index (χ3v) is 1.78. The van der Waals surface area contributed by atoms with E-state index in [4.69, 9.17) is 10.4 Å². The lowest BCUT2D eigenvalue weighted by molar-refractivity contribution is -0.141. The average molecular weight is 179 g/mol. The van der Waals surface area contributed by atoms with E-state index in [1.54, 1.807) is 6.92 Å².